The number of hydrogen-bond acceptors (Lipinski definition) is 5. The minimum absolute atomic E-state index is 0.0163. The van der Waals surface area contributed by atoms with E-state index in [0.29, 0.717) is 32.7 Å². The van der Waals surface area contributed by atoms with Crippen LogP contribution in [0.15, 0.2) is 4.99 Å². The molecule has 4 aliphatic rings. The molecule has 2 heterocycles. The maximum Gasteiger partial charge on any atom is 0.256 e. The zero-order chi connectivity index (χ0) is 17.8. The van der Waals surface area contributed by atoms with Gasteiger partial charge in [-0.05, 0) is 31.6 Å². The Balaban J connectivity index is 1.59. The molecule has 0 unspecified atom stereocenters. The van der Waals surface area contributed by atoms with Crippen LogP contribution in [0.1, 0.15) is 39.0 Å². The fraction of sp³-hybridized carbons (Fsp3) is 0.882. The lowest BCUT2D eigenvalue weighted by Gasteiger charge is -2.28. The third-order valence-electron chi connectivity index (χ3n) is 6.31. The van der Waals surface area contributed by atoms with E-state index in [4.69, 9.17) is 9.73 Å². The summed E-state index contributed by atoms with van der Waals surface area (Å²) in [6.45, 7) is 4.03. The van der Waals surface area contributed by atoms with Gasteiger partial charge in [0.2, 0.25) is 10.0 Å². The molecule has 8 heteroatoms. The van der Waals surface area contributed by atoms with Crippen molar-refractivity contribution in [3.05, 3.63) is 0 Å². The Morgan fingerprint density at radius 1 is 1.28 bits per heavy atom. The highest BCUT2D eigenvalue weighted by Gasteiger charge is 2.62. The average molecular weight is 369 g/mol. The number of sulfonamides is 1. The number of aliphatic imine (C=N–C) groups is 1. The highest BCUT2D eigenvalue weighted by Crippen LogP contribution is 2.51. The zero-order valence-electron chi connectivity index (χ0n) is 15.0. The standard InChI is InChI=1S/C17H27N3O4S/c1-3-15-18-17(16(21)20(15)8-9-24-2)7-6-12-10-19(11-14(12)17)25(22,23)13-4-5-13/h12-14H,3-11H2,1-2H3/t12-,14+,17-/m1/s1. The first-order chi connectivity index (χ1) is 11.9. The summed E-state index contributed by atoms with van der Waals surface area (Å²) in [6.07, 6.45) is 3.89. The van der Waals surface area contributed by atoms with Crippen LogP contribution in [0, 0.1) is 11.8 Å². The Hall–Kier alpha value is -0.990. The lowest BCUT2D eigenvalue weighted by molar-refractivity contribution is -0.132. The zero-order valence-corrected chi connectivity index (χ0v) is 15.8. The van der Waals surface area contributed by atoms with Gasteiger partial charge in [0.1, 0.15) is 11.4 Å². The first-order valence-corrected chi connectivity index (χ1v) is 10.8. The van der Waals surface area contributed by atoms with Crippen LogP contribution < -0.4 is 0 Å². The molecule has 3 atom stereocenters. The van der Waals surface area contributed by atoms with Gasteiger partial charge in [-0.15, -0.1) is 0 Å². The van der Waals surface area contributed by atoms with E-state index in [1.165, 1.54) is 0 Å². The minimum Gasteiger partial charge on any atom is -0.383 e. The molecule has 140 valence electrons. The van der Waals surface area contributed by atoms with E-state index in [1.807, 2.05) is 6.92 Å². The van der Waals surface area contributed by atoms with Gasteiger partial charge in [0.05, 0.1) is 18.4 Å². The number of carbonyl (C=O) groups excluding carboxylic acids is 1. The molecule has 2 aliphatic heterocycles. The number of fused-ring (bicyclic) bond motifs is 2. The summed E-state index contributed by atoms with van der Waals surface area (Å²) >= 11 is 0. The van der Waals surface area contributed by atoms with Crippen molar-refractivity contribution in [1.29, 1.82) is 0 Å². The van der Waals surface area contributed by atoms with Crippen molar-refractivity contribution in [3.8, 4) is 0 Å². The Morgan fingerprint density at radius 3 is 2.68 bits per heavy atom. The quantitative estimate of drug-likeness (QED) is 0.695. The largest absolute Gasteiger partial charge is 0.383 e. The summed E-state index contributed by atoms with van der Waals surface area (Å²) < 4.78 is 32.0. The van der Waals surface area contributed by atoms with E-state index in [0.717, 1.165) is 31.5 Å². The van der Waals surface area contributed by atoms with Crippen LogP contribution in [0.5, 0.6) is 0 Å². The smallest absolute Gasteiger partial charge is 0.256 e. The Morgan fingerprint density at radius 2 is 2.04 bits per heavy atom. The van der Waals surface area contributed by atoms with Gasteiger partial charge < -0.3 is 4.74 Å². The molecule has 2 aliphatic carbocycles. The van der Waals surface area contributed by atoms with Crippen molar-refractivity contribution in [2.45, 2.75) is 49.8 Å². The summed E-state index contributed by atoms with van der Waals surface area (Å²) in [4.78, 5) is 19.9. The summed E-state index contributed by atoms with van der Waals surface area (Å²) in [7, 11) is -1.55. The van der Waals surface area contributed by atoms with E-state index < -0.39 is 15.6 Å². The number of hydrogen-bond donors (Lipinski definition) is 0. The first kappa shape index (κ1) is 17.4. The van der Waals surface area contributed by atoms with E-state index in [1.54, 1.807) is 16.3 Å². The van der Waals surface area contributed by atoms with Gasteiger partial charge in [-0.1, -0.05) is 6.92 Å². The predicted octanol–water partition coefficient (Wildman–Crippen LogP) is 0.856. The third-order valence-corrected chi connectivity index (χ3v) is 8.65. The monoisotopic (exact) mass is 369 g/mol. The maximum absolute atomic E-state index is 13.2. The number of amides is 1. The van der Waals surface area contributed by atoms with Gasteiger partial charge in [-0.3, -0.25) is 14.7 Å². The van der Waals surface area contributed by atoms with Gasteiger partial charge in [0.15, 0.2) is 0 Å². The van der Waals surface area contributed by atoms with Crippen LogP contribution in [0.2, 0.25) is 0 Å². The van der Waals surface area contributed by atoms with Gasteiger partial charge in [-0.2, -0.15) is 0 Å². The topological polar surface area (TPSA) is 79.3 Å². The van der Waals surface area contributed by atoms with Crippen molar-refractivity contribution in [3.63, 3.8) is 0 Å². The molecule has 0 aromatic carbocycles. The van der Waals surface area contributed by atoms with Gasteiger partial charge in [0.25, 0.3) is 5.91 Å². The predicted molar refractivity (Wildman–Crippen MR) is 93.8 cm³/mol. The summed E-state index contributed by atoms with van der Waals surface area (Å²) in [6, 6.07) is 0. The highest BCUT2D eigenvalue weighted by molar-refractivity contribution is 7.90. The summed E-state index contributed by atoms with van der Waals surface area (Å²) in [5.74, 6) is 1.15. The van der Waals surface area contributed by atoms with E-state index >= 15 is 0 Å². The second-order valence-electron chi connectivity index (χ2n) is 7.72. The van der Waals surface area contributed by atoms with Crippen molar-refractivity contribution in [1.82, 2.24) is 9.21 Å². The van der Waals surface area contributed by atoms with Gasteiger partial charge in [0, 0.05) is 32.5 Å². The van der Waals surface area contributed by atoms with Crippen molar-refractivity contribution in [2.24, 2.45) is 16.8 Å². The molecule has 1 spiro atoms. The van der Waals surface area contributed by atoms with Crippen molar-refractivity contribution in [2.75, 3.05) is 33.4 Å². The molecule has 1 saturated heterocycles. The number of rotatable bonds is 6. The molecule has 25 heavy (non-hydrogen) atoms. The lowest BCUT2D eigenvalue weighted by atomic mass is 9.85. The molecule has 4 rings (SSSR count). The lowest BCUT2D eigenvalue weighted by Crippen LogP contribution is -2.47. The third kappa shape index (κ3) is 2.56. The highest BCUT2D eigenvalue weighted by atomic mass is 32.2. The molecular formula is C17H27N3O4S. The second-order valence-corrected chi connectivity index (χ2v) is 9.93. The molecule has 7 nitrogen and oxygen atoms in total. The fourth-order valence-corrected chi connectivity index (χ4v) is 6.74. The number of methoxy groups -OCH3 is 1. The van der Waals surface area contributed by atoms with Crippen LogP contribution in [-0.2, 0) is 19.6 Å². The van der Waals surface area contributed by atoms with E-state index in [9.17, 15) is 13.2 Å². The summed E-state index contributed by atoms with van der Waals surface area (Å²) in [5.41, 5.74) is -0.739. The van der Waals surface area contributed by atoms with Crippen LogP contribution >= 0.6 is 0 Å². The molecule has 0 aromatic rings. The fourth-order valence-electron chi connectivity index (χ4n) is 4.82. The molecule has 0 radical (unpaired) electrons. The van der Waals surface area contributed by atoms with E-state index in [2.05, 4.69) is 0 Å². The number of nitrogens with zero attached hydrogens (tertiary/aromatic N) is 3. The molecule has 0 N–H and O–H groups in total. The van der Waals surface area contributed by atoms with Gasteiger partial charge in [-0.25, -0.2) is 12.7 Å². The number of carbonyl (C=O) groups is 1. The first-order valence-electron chi connectivity index (χ1n) is 9.32. The molecule has 0 bridgehead atoms. The van der Waals surface area contributed by atoms with Crippen LogP contribution in [0.25, 0.3) is 0 Å². The molecular weight excluding hydrogens is 342 g/mol. The van der Waals surface area contributed by atoms with E-state index in [-0.39, 0.29) is 23.0 Å². The molecule has 1 amide bonds. The van der Waals surface area contributed by atoms with Crippen molar-refractivity contribution >= 4 is 21.8 Å². The maximum atomic E-state index is 13.2. The Bertz CT molecular complexity index is 703. The van der Waals surface area contributed by atoms with Crippen LogP contribution in [-0.4, -0.2) is 73.5 Å². The molecule has 2 saturated carbocycles. The Kier molecular flexibility index (Phi) is 4.20. The average Bonchev–Trinajstić information content (AvgIpc) is 3.20. The van der Waals surface area contributed by atoms with Crippen LogP contribution in [0.3, 0.4) is 0 Å². The summed E-state index contributed by atoms with van der Waals surface area (Å²) in [5, 5.41) is -0.186. The van der Waals surface area contributed by atoms with Crippen molar-refractivity contribution < 1.29 is 17.9 Å². The number of ether oxygens (including phenoxy) is 1. The van der Waals surface area contributed by atoms with Crippen LogP contribution in [0.4, 0.5) is 0 Å². The molecule has 3 fully saturated rings. The van der Waals surface area contributed by atoms with Gasteiger partial charge >= 0.3 is 0 Å². The SMILES string of the molecule is CCC1=N[C@@]2(CC[C@@H]3CN(S(=O)(=O)C4CC4)C[C@@H]32)C(=O)N1CCOC. The molecule has 0 aromatic heterocycles. The minimum atomic E-state index is -3.18. The Labute approximate surface area is 149 Å². The number of amidine groups is 1. The normalized spacial score (nSPS) is 35.7. The second kappa shape index (κ2) is 6.03.